The van der Waals surface area contributed by atoms with E-state index in [0.29, 0.717) is 22.3 Å². The van der Waals surface area contributed by atoms with Gasteiger partial charge in [0.15, 0.2) is 0 Å². The Morgan fingerprint density at radius 3 is 2.00 bits per heavy atom. The molecule has 3 aliphatic carbocycles. The quantitative estimate of drug-likeness (QED) is 0.380. The van der Waals surface area contributed by atoms with Crippen molar-refractivity contribution in [3.63, 3.8) is 0 Å². The molecule has 2 bridgehead atoms. The summed E-state index contributed by atoms with van der Waals surface area (Å²) in [6.07, 6.45) is 0. The van der Waals surface area contributed by atoms with E-state index in [1.54, 1.807) is 48.5 Å². The molecular weight excluding hydrogens is 424 g/mol. The van der Waals surface area contributed by atoms with Gasteiger partial charge in [-0.25, -0.2) is 9.69 Å². The average molecular weight is 440 g/mol. The number of hydrogen-bond acceptors (Lipinski definition) is 5. The van der Waals surface area contributed by atoms with Crippen LogP contribution >= 0.6 is 0 Å². The second-order valence-corrected chi connectivity index (χ2v) is 8.51. The Bertz CT molecular complexity index is 1370. The molecule has 2 amide bonds. The van der Waals surface area contributed by atoms with Crippen molar-refractivity contribution < 1.29 is 24.4 Å². The van der Waals surface area contributed by atoms with E-state index in [4.69, 9.17) is 0 Å². The van der Waals surface area contributed by atoms with E-state index in [2.05, 4.69) is 0 Å². The van der Waals surface area contributed by atoms with Crippen LogP contribution in [-0.2, 0) is 15.1 Å². The van der Waals surface area contributed by atoms with Gasteiger partial charge >= 0.3 is 5.97 Å². The number of anilines is 1. The van der Waals surface area contributed by atoms with Crippen molar-refractivity contribution >= 4 is 23.5 Å². The molecular formula is C25H16N2O6. The lowest BCUT2D eigenvalue weighted by Crippen LogP contribution is -2.57. The molecule has 162 valence electrons. The number of nitro groups is 1. The van der Waals surface area contributed by atoms with Gasteiger partial charge in [0.1, 0.15) is 5.92 Å². The predicted octanol–water partition coefficient (Wildman–Crippen LogP) is 3.17. The van der Waals surface area contributed by atoms with Gasteiger partial charge in [0, 0.05) is 22.0 Å². The summed E-state index contributed by atoms with van der Waals surface area (Å²) >= 11 is 0. The van der Waals surface area contributed by atoms with Crippen LogP contribution in [0.2, 0.25) is 0 Å². The summed E-state index contributed by atoms with van der Waals surface area (Å²) < 4.78 is 0. The van der Waals surface area contributed by atoms with Crippen LogP contribution in [0.3, 0.4) is 0 Å². The molecule has 0 saturated carbocycles. The molecule has 2 atom stereocenters. The monoisotopic (exact) mass is 440 g/mol. The van der Waals surface area contributed by atoms with Crippen molar-refractivity contribution in [2.75, 3.05) is 4.90 Å². The normalized spacial score (nSPS) is 26.5. The zero-order valence-electron chi connectivity index (χ0n) is 17.0. The number of hydrogen-bond donors (Lipinski definition) is 1. The highest BCUT2D eigenvalue weighted by Gasteiger charge is 2.75. The summed E-state index contributed by atoms with van der Waals surface area (Å²) in [6, 6.07) is 19.5. The zero-order chi connectivity index (χ0) is 23.1. The Morgan fingerprint density at radius 2 is 1.42 bits per heavy atom. The smallest absolute Gasteiger partial charge is 0.337 e. The van der Waals surface area contributed by atoms with Gasteiger partial charge in [-0.05, 0) is 23.3 Å². The molecule has 7 rings (SSSR count). The first kappa shape index (κ1) is 19.4. The molecule has 3 aromatic carbocycles. The van der Waals surface area contributed by atoms with E-state index in [1.807, 2.05) is 0 Å². The van der Waals surface area contributed by atoms with Crippen LogP contribution < -0.4 is 4.90 Å². The predicted molar refractivity (Wildman–Crippen MR) is 115 cm³/mol. The van der Waals surface area contributed by atoms with E-state index >= 15 is 0 Å². The number of aromatic carboxylic acids is 1. The molecule has 0 aromatic heterocycles. The highest BCUT2D eigenvalue weighted by atomic mass is 16.6. The van der Waals surface area contributed by atoms with Gasteiger partial charge in [0.05, 0.1) is 17.2 Å². The number of imide groups is 1. The molecule has 1 saturated heterocycles. The van der Waals surface area contributed by atoms with Gasteiger partial charge in [-0.1, -0.05) is 60.7 Å². The van der Waals surface area contributed by atoms with Crippen LogP contribution in [-0.4, -0.2) is 27.8 Å². The number of carboxylic acid groups (broad SMARTS) is 1. The number of para-hydroxylation sites is 1. The molecule has 8 nitrogen and oxygen atoms in total. The second kappa shape index (κ2) is 6.35. The van der Waals surface area contributed by atoms with Gasteiger partial charge in [-0.2, -0.15) is 0 Å². The Kier molecular flexibility index (Phi) is 3.73. The number of carboxylic acids is 1. The maximum absolute atomic E-state index is 13.9. The highest BCUT2D eigenvalue weighted by Crippen LogP contribution is 2.64. The molecule has 0 unspecified atom stereocenters. The minimum atomic E-state index is -1.94. The first-order valence-corrected chi connectivity index (χ1v) is 10.4. The van der Waals surface area contributed by atoms with Crippen LogP contribution in [0.5, 0.6) is 0 Å². The lowest BCUT2D eigenvalue weighted by Gasteiger charge is -2.48. The Hall–Kier alpha value is -4.33. The summed E-state index contributed by atoms with van der Waals surface area (Å²) in [4.78, 5) is 52.8. The largest absolute Gasteiger partial charge is 0.478 e. The van der Waals surface area contributed by atoms with E-state index in [0.717, 1.165) is 4.90 Å². The molecule has 4 aliphatic rings. The third kappa shape index (κ3) is 2.12. The summed E-state index contributed by atoms with van der Waals surface area (Å²) in [5.41, 5.74) is -0.0845. The van der Waals surface area contributed by atoms with Gasteiger partial charge in [0.2, 0.25) is 11.8 Å². The molecule has 1 aliphatic heterocycles. The number of benzene rings is 3. The Morgan fingerprint density at radius 1 is 0.879 bits per heavy atom. The topological polar surface area (TPSA) is 118 Å². The molecule has 1 heterocycles. The molecule has 1 fully saturated rings. The standard InChI is InChI=1S/C25H16N2O6/c28-22-20-19-13-7-1-4-10-16(13)25(27(32)33,17-11-5-2-8-14(17)19)21(20)23(29)26(22)18-12-6-3-9-15(18)24(30)31/h1-12,19-21H,(H,30,31)/t19?,20-,21-,25?/m0/s1. The van der Waals surface area contributed by atoms with Crippen molar-refractivity contribution in [3.05, 3.63) is 111 Å². The first-order valence-electron chi connectivity index (χ1n) is 10.4. The fourth-order valence-corrected chi connectivity index (χ4v) is 6.13. The maximum atomic E-state index is 13.9. The van der Waals surface area contributed by atoms with E-state index in [-0.39, 0.29) is 11.3 Å². The number of carbonyl (C=O) groups is 3. The summed E-state index contributed by atoms with van der Waals surface area (Å²) in [7, 11) is 0. The SMILES string of the molecule is O=C(O)c1ccccc1N1C(=O)[C@@H]2[C@@H](C1=O)C1c3ccccc3C2([N+](=O)[O-])c2ccccc21. The van der Waals surface area contributed by atoms with Gasteiger partial charge in [-0.15, -0.1) is 0 Å². The molecule has 1 N–H and O–H groups in total. The highest BCUT2D eigenvalue weighted by molar-refractivity contribution is 6.25. The van der Waals surface area contributed by atoms with Gasteiger partial charge in [0.25, 0.3) is 5.54 Å². The minimum absolute atomic E-state index is 0.0691. The van der Waals surface area contributed by atoms with Gasteiger partial charge in [-0.3, -0.25) is 19.7 Å². The van der Waals surface area contributed by atoms with Crippen LogP contribution in [0.1, 0.15) is 38.5 Å². The number of amides is 2. The third-order valence-electron chi connectivity index (χ3n) is 7.24. The van der Waals surface area contributed by atoms with Crippen LogP contribution in [0.15, 0.2) is 72.8 Å². The van der Waals surface area contributed by atoms with Crippen LogP contribution in [0, 0.1) is 22.0 Å². The van der Waals surface area contributed by atoms with E-state index in [9.17, 15) is 29.6 Å². The van der Waals surface area contributed by atoms with E-state index in [1.165, 1.54) is 24.3 Å². The lowest BCUT2D eigenvalue weighted by molar-refractivity contribution is -0.578. The zero-order valence-corrected chi connectivity index (χ0v) is 17.0. The molecule has 0 radical (unpaired) electrons. The second-order valence-electron chi connectivity index (χ2n) is 8.51. The van der Waals surface area contributed by atoms with E-state index < -0.39 is 46.0 Å². The number of rotatable bonds is 3. The number of nitrogens with zero attached hydrogens (tertiary/aromatic N) is 2. The Labute approximate surface area is 187 Å². The maximum Gasteiger partial charge on any atom is 0.337 e. The molecule has 33 heavy (non-hydrogen) atoms. The van der Waals surface area contributed by atoms with Crippen molar-refractivity contribution in [3.8, 4) is 0 Å². The first-order chi connectivity index (χ1) is 15.9. The minimum Gasteiger partial charge on any atom is -0.478 e. The van der Waals surface area contributed by atoms with Crippen molar-refractivity contribution in [2.45, 2.75) is 11.5 Å². The molecule has 3 aromatic rings. The third-order valence-corrected chi connectivity index (χ3v) is 7.24. The van der Waals surface area contributed by atoms with Crippen molar-refractivity contribution in [1.82, 2.24) is 0 Å². The summed E-state index contributed by atoms with van der Waals surface area (Å²) in [5, 5.41) is 22.5. The fourth-order valence-electron chi connectivity index (χ4n) is 6.13. The molecule has 8 heteroatoms. The summed E-state index contributed by atoms with van der Waals surface area (Å²) in [6.45, 7) is 0. The average Bonchev–Trinajstić information content (AvgIpc) is 3.09. The molecule has 0 spiro atoms. The summed E-state index contributed by atoms with van der Waals surface area (Å²) in [5.74, 6) is -5.48. The van der Waals surface area contributed by atoms with Crippen molar-refractivity contribution in [1.29, 1.82) is 0 Å². The Balaban J connectivity index is 1.67. The lowest BCUT2D eigenvalue weighted by atomic mass is 9.51. The van der Waals surface area contributed by atoms with Gasteiger partial charge < -0.3 is 5.11 Å². The van der Waals surface area contributed by atoms with Crippen LogP contribution in [0.25, 0.3) is 0 Å². The number of carbonyl (C=O) groups excluding carboxylic acids is 2. The van der Waals surface area contributed by atoms with Crippen molar-refractivity contribution in [2.24, 2.45) is 11.8 Å². The van der Waals surface area contributed by atoms with Crippen LogP contribution in [0.4, 0.5) is 5.69 Å². The fraction of sp³-hybridized carbons (Fsp3) is 0.160.